The molecule has 0 aromatic carbocycles. The predicted octanol–water partition coefficient (Wildman–Crippen LogP) is 2.05. The van der Waals surface area contributed by atoms with Crippen molar-refractivity contribution < 1.29 is 13.5 Å². The summed E-state index contributed by atoms with van der Waals surface area (Å²) in [5.41, 5.74) is 0. The van der Waals surface area contributed by atoms with E-state index in [2.05, 4.69) is 6.92 Å². The van der Waals surface area contributed by atoms with Crippen LogP contribution in [-0.4, -0.2) is 31.4 Å². The van der Waals surface area contributed by atoms with Gasteiger partial charge in [0, 0.05) is 18.5 Å². The first-order valence-corrected chi connectivity index (χ1v) is 7.99. The summed E-state index contributed by atoms with van der Waals surface area (Å²) in [5, 5.41) is 10.8. The van der Waals surface area contributed by atoms with E-state index in [1.165, 1.54) is 15.6 Å². The number of sulfonamides is 1. The van der Waals surface area contributed by atoms with E-state index in [1.807, 2.05) is 0 Å². The van der Waals surface area contributed by atoms with Crippen LogP contribution in [0.25, 0.3) is 0 Å². The molecule has 0 saturated heterocycles. The molecule has 0 unspecified atom stereocenters. The Morgan fingerprint density at radius 2 is 2.12 bits per heavy atom. The molecule has 0 saturated carbocycles. The van der Waals surface area contributed by atoms with E-state index < -0.39 is 10.0 Å². The largest absolute Gasteiger partial charge is 0.391 e. The first-order chi connectivity index (χ1) is 8.04. The van der Waals surface area contributed by atoms with Gasteiger partial charge in [-0.25, -0.2) is 12.7 Å². The van der Waals surface area contributed by atoms with Crippen molar-refractivity contribution in [2.75, 3.05) is 13.6 Å². The highest BCUT2D eigenvalue weighted by atomic mass is 32.2. The molecule has 1 aromatic rings. The molecule has 0 spiro atoms. The van der Waals surface area contributed by atoms with E-state index in [0.717, 1.165) is 19.3 Å². The molecule has 0 atom stereocenters. The maximum atomic E-state index is 12.2. The van der Waals surface area contributed by atoms with Crippen molar-refractivity contribution in [2.45, 2.75) is 37.7 Å². The Morgan fingerprint density at radius 3 is 2.71 bits per heavy atom. The molecule has 1 N–H and O–H groups in total. The molecule has 6 heteroatoms. The molecule has 98 valence electrons. The molecule has 0 bridgehead atoms. The van der Waals surface area contributed by atoms with E-state index in [4.69, 9.17) is 5.11 Å². The monoisotopic (exact) mass is 277 g/mol. The molecule has 4 nitrogen and oxygen atoms in total. The fourth-order valence-corrected chi connectivity index (χ4v) is 4.02. The Hall–Kier alpha value is -0.430. The lowest BCUT2D eigenvalue weighted by atomic mass is 10.2. The average molecular weight is 277 g/mol. The molecule has 0 aliphatic carbocycles. The summed E-state index contributed by atoms with van der Waals surface area (Å²) in [6.07, 6.45) is 2.95. The topological polar surface area (TPSA) is 57.6 Å². The minimum Gasteiger partial charge on any atom is -0.391 e. The van der Waals surface area contributed by atoms with Gasteiger partial charge in [0.1, 0.15) is 0 Å². The molecule has 0 amide bonds. The molecule has 0 fully saturated rings. The lowest BCUT2D eigenvalue weighted by molar-refractivity contribution is 0.282. The second-order valence-corrected chi connectivity index (χ2v) is 6.91. The van der Waals surface area contributed by atoms with Gasteiger partial charge in [0.05, 0.1) is 11.5 Å². The highest BCUT2D eigenvalue weighted by molar-refractivity contribution is 7.89. The Bertz CT molecular complexity index is 439. The van der Waals surface area contributed by atoms with Crippen LogP contribution in [0.1, 0.15) is 31.1 Å². The first-order valence-electron chi connectivity index (χ1n) is 5.67. The minimum atomic E-state index is -3.44. The highest BCUT2D eigenvalue weighted by Crippen LogP contribution is 2.24. The van der Waals surface area contributed by atoms with Crippen molar-refractivity contribution >= 4 is 21.4 Å². The van der Waals surface area contributed by atoms with Gasteiger partial charge in [-0.15, -0.1) is 11.3 Å². The zero-order valence-electron chi connectivity index (χ0n) is 10.2. The van der Waals surface area contributed by atoms with Crippen LogP contribution in [0.3, 0.4) is 0 Å². The standard InChI is InChI=1S/C11H19NO3S2/c1-3-4-5-7-12(2)17(14,15)11-6-8-16-10(11)9-13/h6,8,13H,3-5,7,9H2,1-2H3. The maximum Gasteiger partial charge on any atom is 0.244 e. The van der Waals surface area contributed by atoms with Gasteiger partial charge in [0.25, 0.3) is 0 Å². The van der Waals surface area contributed by atoms with Gasteiger partial charge in [0.15, 0.2) is 0 Å². The van der Waals surface area contributed by atoms with Crippen LogP contribution in [0, 0.1) is 0 Å². The molecule has 0 radical (unpaired) electrons. The van der Waals surface area contributed by atoms with Gasteiger partial charge in [-0.1, -0.05) is 19.8 Å². The quantitative estimate of drug-likeness (QED) is 0.776. The van der Waals surface area contributed by atoms with Crippen LogP contribution in [0.5, 0.6) is 0 Å². The van der Waals surface area contributed by atoms with Gasteiger partial charge in [-0.05, 0) is 17.9 Å². The second kappa shape index (κ2) is 6.49. The molecule has 1 rings (SSSR count). The number of rotatable bonds is 7. The van der Waals surface area contributed by atoms with E-state index in [1.54, 1.807) is 18.5 Å². The van der Waals surface area contributed by atoms with Crippen molar-refractivity contribution in [3.05, 3.63) is 16.3 Å². The van der Waals surface area contributed by atoms with E-state index in [9.17, 15) is 8.42 Å². The number of hydrogen-bond acceptors (Lipinski definition) is 4. The number of aliphatic hydroxyl groups is 1. The zero-order chi connectivity index (χ0) is 12.9. The normalized spacial score (nSPS) is 12.2. The highest BCUT2D eigenvalue weighted by Gasteiger charge is 2.23. The summed E-state index contributed by atoms with van der Waals surface area (Å²) >= 11 is 1.27. The van der Waals surface area contributed by atoms with Crippen molar-refractivity contribution in [3.8, 4) is 0 Å². The zero-order valence-corrected chi connectivity index (χ0v) is 11.9. The lowest BCUT2D eigenvalue weighted by Crippen LogP contribution is -2.28. The van der Waals surface area contributed by atoms with Crippen LogP contribution < -0.4 is 0 Å². The van der Waals surface area contributed by atoms with Gasteiger partial charge in [-0.2, -0.15) is 0 Å². The summed E-state index contributed by atoms with van der Waals surface area (Å²) in [6.45, 7) is 2.38. The van der Waals surface area contributed by atoms with Crippen LogP contribution in [0.2, 0.25) is 0 Å². The Kier molecular flexibility index (Phi) is 5.58. The number of hydrogen-bond donors (Lipinski definition) is 1. The maximum absolute atomic E-state index is 12.2. The summed E-state index contributed by atoms with van der Waals surface area (Å²) < 4.78 is 25.7. The van der Waals surface area contributed by atoms with Crippen molar-refractivity contribution in [3.63, 3.8) is 0 Å². The van der Waals surface area contributed by atoms with Gasteiger partial charge in [-0.3, -0.25) is 0 Å². The molecule has 1 aromatic heterocycles. The summed E-state index contributed by atoms with van der Waals surface area (Å²) in [5.74, 6) is 0. The number of unbranched alkanes of at least 4 members (excludes halogenated alkanes) is 2. The van der Waals surface area contributed by atoms with Gasteiger partial charge >= 0.3 is 0 Å². The molecule has 1 heterocycles. The first kappa shape index (κ1) is 14.6. The van der Waals surface area contributed by atoms with Crippen molar-refractivity contribution in [1.29, 1.82) is 0 Å². The third-order valence-corrected chi connectivity index (χ3v) is 5.59. The minimum absolute atomic E-state index is 0.227. The van der Waals surface area contributed by atoms with E-state index >= 15 is 0 Å². The molecule has 0 aliphatic heterocycles. The molecule has 17 heavy (non-hydrogen) atoms. The van der Waals surface area contributed by atoms with Crippen LogP contribution >= 0.6 is 11.3 Å². The smallest absolute Gasteiger partial charge is 0.244 e. The van der Waals surface area contributed by atoms with Crippen LogP contribution in [0.4, 0.5) is 0 Å². The second-order valence-electron chi connectivity index (χ2n) is 3.90. The summed E-state index contributed by atoms with van der Waals surface area (Å²) in [7, 11) is -1.85. The third-order valence-electron chi connectivity index (χ3n) is 2.61. The van der Waals surface area contributed by atoms with Crippen LogP contribution in [-0.2, 0) is 16.6 Å². The summed E-state index contributed by atoms with van der Waals surface area (Å²) in [6, 6.07) is 1.56. The van der Waals surface area contributed by atoms with Gasteiger partial charge in [0.2, 0.25) is 10.0 Å². The predicted molar refractivity (Wildman–Crippen MR) is 69.6 cm³/mol. The summed E-state index contributed by atoms with van der Waals surface area (Å²) in [4.78, 5) is 0.747. The number of nitrogens with zero attached hydrogens (tertiary/aromatic N) is 1. The van der Waals surface area contributed by atoms with Crippen LogP contribution in [0.15, 0.2) is 16.3 Å². The number of aliphatic hydroxyl groups excluding tert-OH is 1. The molecular weight excluding hydrogens is 258 g/mol. The van der Waals surface area contributed by atoms with E-state index in [-0.39, 0.29) is 11.5 Å². The SMILES string of the molecule is CCCCCN(C)S(=O)(=O)c1ccsc1CO. The van der Waals surface area contributed by atoms with E-state index in [0.29, 0.717) is 11.4 Å². The molecule has 0 aliphatic rings. The Morgan fingerprint density at radius 1 is 1.41 bits per heavy atom. The lowest BCUT2D eigenvalue weighted by Gasteiger charge is -2.16. The third kappa shape index (κ3) is 3.51. The fourth-order valence-electron chi connectivity index (χ4n) is 1.55. The van der Waals surface area contributed by atoms with Crippen molar-refractivity contribution in [1.82, 2.24) is 4.31 Å². The Balaban J connectivity index is 2.80. The van der Waals surface area contributed by atoms with Gasteiger partial charge < -0.3 is 5.11 Å². The fraction of sp³-hybridized carbons (Fsp3) is 0.636. The Labute approximate surface area is 107 Å². The van der Waals surface area contributed by atoms with Crippen molar-refractivity contribution in [2.24, 2.45) is 0 Å². The average Bonchev–Trinajstić information content (AvgIpc) is 2.77. The molecular formula is C11H19NO3S2. The number of thiophene rings is 1.